The van der Waals surface area contributed by atoms with Gasteiger partial charge in [-0.05, 0) is 30.3 Å². The van der Waals surface area contributed by atoms with Crippen molar-refractivity contribution in [1.82, 2.24) is 9.78 Å². The summed E-state index contributed by atoms with van der Waals surface area (Å²) in [6.07, 6.45) is 1.46. The van der Waals surface area contributed by atoms with E-state index in [0.29, 0.717) is 5.69 Å². The van der Waals surface area contributed by atoms with Gasteiger partial charge in [-0.25, -0.2) is 0 Å². The van der Waals surface area contributed by atoms with E-state index < -0.39 is 6.61 Å². The maximum Gasteiger partial charge on any atom is 0.387 e. The number of halogens is 2. The molecule has 0 aliphatic heterocycles. The van der Waals surface area contributed by atoms with Crippen molar-refractivity contribution in [2.45, 2.75) is 6.61 Å². The van der Waals surface area contributed by atoms with Crippen LogP contribution < -0.4 is 10.3 Å². The van der Waals surface area contributed by atoms with Gasteiger partial charge in [-0.3, -0.25) is 4.79 Å². The lowest BCUT2D eigenvalue weighted by Crippen LogP contribution is -2.18. The molecule has 0 radical (unpaired) electrons. The van der Waals surface area contributed by atoms with E-state index in [0.717, 1.165) is 4.68 Å². The summed E-state index contributed by atoms with van der Waals surface area (Å²) in [6, 6.07) is 8.53. The van der Waals surface area contributed by atoms with Gasteiger partial charge in [-0.15, -0.1) is 0 Å². The van der Waals surface area contributed by atoms with Crippen LogP contribution in [0.2, 0.25) is 0 Å². The summed E-state index contributed by atoms with van der Waals surface area (Å²) in [5, 5.41) is 3.85. The number of ether oxygens (including phenoxy) is 1. The van der Waals surface area contributed by atoms with E-state index in [-0.39, 0.29) is 11.3 Å². The van der Waals surface area contributed by atoms with Gasteiger partial charge < -0.3 is 4.74 Å². The molecule has 0 aliphatic carbocycles. The van der Waals surface area contributed by atoms with Gasteiger partial charge in [-0.2, -0.15) is 18.6 Å². The smallest absolute Gasteiger partial charge is 0.387 e. The topological polar surface area (TPSA) is 44.1 Å². The Hall–Kier alpha value is -2.24. The minimum absolute atomic E-state index is 0.0349. The molecule has 0 bridgehead atoms. The molecular weight excluding hydrogens is 230 g/mol. The molecule has 1 aromatic heterocycles. The van der Waals surface area contributed by atoms with Crippen LogP contribution in [0.25, 0.3) is 5.69 Å². The molecule has 6 heteroatoms. The fraction of sp³-hybridized carbons (Fsp3) is 0.0909. The molecule has 0 N–H and O–H groups in total. The molecular formula is C11H8F2N2O2. The van der Waals surface area contributed by atoms with Crippen LogP contribution in [0.4, 0.5) is 8.78 Å². The van der Waals surface area contributed by atoms with Crippen molar-refractivity contribution in [2.75, 3.05) is 0 Å². The third-order valence-corrected chi connectivity index (χ3v) is 2.02. The van der Waals surface area contributed by atoms with E-state index in [2.05, 4.69) is 9.84 Å². The third kappa shape index (κ3) is 2.66. The first kappa shape index (κ1) is 11.3. The number of aromatic nitrogens is 2. The van der Waals surface area contributed by atoms with Gasteiger partial charge in [0.1, 0.15) is 5.75 Å². The second-order valence-corrected chi connectivity index (χ2v) is 3.15. The summed E-state index contributed by atoms with van der Waals surface area (Å²) in [6.45, 7) is -2.86. The Labute approximate surface area is 95.1 Å². The number of alkyl halides is 2. The minimum atomic E-state index is -2.86. The van der Waals surface area contributed by atoms with E-state index in [9.17, 15) is 13.6 Å². The summed E-state index contributed by atoms with van der Waals surface area (Å²) in [7, 11) is 0. The first-order chi connectivity index (χ1) is 8.16. The van der Waals surface area contributed by atoms with Crippen molar-refractivity contribution >= 4 is 0 Å². The standard InChI is InChI=1S/C11H8F2N2O2/c12-11(13)17-9-5-3-8(4-6-9)15-10(16)2-1-7-14-15/h1-7,11H. The van der Waals surface area contributed by atoms with Crippen LogP contribution in [0.5, 0.6) is 5.75 Å². The zero-order valence-electron chi connectivity index (χ0n) is 8.59. The molecule has 4 nitrogen and oxygen atoms in total. The molecule has 1 aromatic carbocycles. The van der Waals surface area contributed by atoms with E-state index in [4.69, 9.17) is 0 Å². The van der Waals surface area contributed by atoms with Crippen LogP contribution in [-0.4, -0.2) is 16.4 Å². The normalized spacial score (nSPS) is 10.5. The summed E-state index contributed by atoms with van der Waals surface area (Å²) in [4.78, 5) is 11.4. The zero-order chi connectivity index (χ0) is 12.3. The van der Waals surface area contributed by atoms with Crippen molar-refractivity contribution in [2.24, 2.45) is 0 Å². The van der Waals surface area contributed by atoms with Crippen LogP contribution >= 0.6 is 0 Å². The number of benzene rings is 1. The Morgan fingerprint density at radius 1 is 1.18 bits per heavy atom. The fourth-order valence-electron chi connectivity index (χ4n) is 1.32. The SMILES string of the molecule is O=c1cccnn1-c1ccc(OC(F)F)cc1. The molecule has 17 heavy (non-hydrogen) atoms. The van der Waals surface area contributed by atoms with E-state index >= 15 is 0 Å². The molecule has 88 valence electrons. The molecule has 0 fully saturated rings. The van der Waals surface area contributed by atoms with Crippen molar-refractivity contribution in [3.8, 4) is 11.4 Å². The number of nitrogens with zero attached hydrogens (tertiary/aromatic N) is 2. The van der Waals surface area contributed by atoms with Crippen LogP contribution in [-0.2, 0) is 0 Å². The van der Waals surface area contributed by atoms with Gasteiger partial charge in [0.2, 0.25) is 0 Å². The van der Waals surface area contributed by atoms with Crippen LogP contribution in [0, 0.1) is 0 Å². The molecule has 0 unspecified atom stereocenters. The first-order valence-electron chi connectivity index (χ1n) is 4.76. The van der Waals surface area contributed by atoms with Crippen molar-refractivity contribution < 1.29 is 13.5 Å². The van der Waals surface area contributed by atoms with Crippen molar-refractivity contribution in [3.63, 3.8) is 0 Å². The van der Waals surface area contributed by atoms with Gasteiger partial charge in [0.15, 0.2) is 0 Å². The molecule has 0 amide bonds. The monoisotopic (exact) mass is 238 g/mol. The predicted octanol–water partition coefficient (Wildman–Crippen LogP) is 1.83. The summed E-state index contributed by atoms with van der Waals surface area (Å²) < 4.78 is 29.2. The molecule has 1 heterocycles. The van der Waals surface area contributed by atoms with Crippen LogP contribution in [0.3, 0.4) is 0 Å². The lowest BCUT2D eigenvalue weighted by molar-refractivity contribution is -0.0498. The molecule has 0 aliphatic rings. The highest BCUT2D eigenvalue weighted by Gasteiger charge is 2.05. The summed E-state index contributed by atoms with van der Waals surface area (Å²) in [5.41, 5.74) is 0.187. The zero-order valence-corrected chi connectivity index (χ0v) is 8.59. The summed E-state index contributed by atoms with van der Waals surface area (Å²) in [5.74, 6) is 0.0349. The predicted molar refractivity (Wildman–Crippen MR) is 56.5 cm³/mol. The third-order valence-electron chi connectivity index (χ3n) is 2.02. The Morgan fingerprint density at radius 3 is 2.47 bits per heavy atom. The number of hydrogen-bond acceptors (Lipinski definition) is 3. The van der Waals surface area contributed by atoms with Crippen molar-refractivity contribution in [1.29, 1.82) is 0 Å². The van der Waals surface area contributed by atoms with Gasteiger partial charge >= 0.3 is 6.61 Å². The highest BCUT2D eigenvalue weighted by Crippen LogP contribution is 2.15. The maximum absolute atomic E-state index is 11.9. The molecule has 2 aromatic rings. The molecule has 2 rings (SSSR count). The van der Waals surface area contributed by atoms with Crippen LogP contribution in [0.1, 0.15) is 0 Å². The van der Waals surface area contributed by atoms with Gasteiger partial charge in [-0.1, -0.05) is 0 Å². The Morgan fingerprint density at radius 2 is 1.88 bits per heavy atom. The molecule has 0 spiro atoms. The first-order valence-corrected chi connectivity index (χ1v) is 4.76. The molecule has 0 atom stereocenters. The fourth-order valence-corrected chi connectivity index (χ4v) is 1.32. The second kappa shape index (κ2) is 4.73. The van der Waals surface area contributed by atoms with Gasteiger partial charge in [0, 0.05) is 12.3 Å². The Bertz CT molecular complexity index is 552. The van der Waals surface area contributed by atoms with Gasteiger partial charge in [0.25, 0.3) is 5.56 Å². The van der Waals surface area contributed by atoms with E-state index in [1.54, 1.807) is 0 Å². The number of rotatable bonds is 3. The average Bonchev–Trinajstić information content (AvgIpc) is 2.30. The molecule has 0 saturated heterocycles. The average molecular weight is 238 g/mol. The highest BCUT2D eigenvalue weighted by molar-refractivity contribution is 5.36. The van der Waals surface area contributed by atoms with Crippen molar-refractivity contribution in [3.05, 3.63) is 52.9 Å². The lowest BCUT2D eigenvalue weighted by atomic mass is 10.3. The summed E-state index contributed by atoms with van der Waals surface area (Å²) >= 11 is 0. The van der Waals surface area contributed by atoms with E-state index in [1.807, 2.05) is 0 Å². The quantitative estimate of drug-likeness (QED) is 0.819. The lowest BCUT2D eigenvalue weighted by Gasteiger charge is -2.06. The second-order valence-electron chi connectivity index (χ2n) is 3.15. The highest BCUT2D eigenvalue weighted by atomic mass is 19.3. The van der Waals surface area contributed by atoms with E-state index in [1.165, 1.54) is 42.6 Å². The maximum atomic E-state index is 11.9. The molecule has 0 saturated carbocycles. The largest absolute Gasteiger partial charge is 0.435 e. The minimum Gasteiger partial charge on any atom is -0.435 e. The Kier molecular flexibility index (Phi) is 3.13. The number of hydrogen-bond donors (Lipinski definition) is 0. The van der Waals surface area contributed by atoms with Gasteiger partial charge in [0.05, 0.1) is 5.69 Å². The van der Waals surface area contributed by atoms with Crippen LogP contribution in [0.15, 0.2) is 47.4 Å². The Balaban J connectivity index is 2.30.